The van der Waals surface area contributed by atoms with Crippen molar-refractivity contribution in [1.82, 2.24) is 5.32 Å². The lowest BCUT2D eigenvalue weighted by atomic mass is 9.79. The Hall–Kier alpha value is -0.880. The molecular formula is C14H17ClF5N. The van der Waals surface area contributed by atoms with Gasteiger partial charge in [-0.1, -0.05) is 30.3 Å². The number of halogens is 6. The first-order chi connectivity index (χ1) is 9.24. The van der Waals surface area contributed by atoms with E-state index >= 15 is 0 Å². The summed E-state index contributed by atoms with van der Waals surface area (Å²) < 4.78 is 65.9. The van der Waals surface area contributed by atoms with Gasteiger partial charge in [-0.05, 0) is 18.4 Å². The van der Waals surface area contributed by atoms with Crippen LogP contribution in [0, 0.1) is 0 Å². The summed E-state index contributed by atoms with van der Waals surface area (Å²) in [7, 11) is 0. The molecule has 0 spiro atoms. The molecule has 0 heterocycles. The minimum atomic E-state index is -4.53. The van der Waals surface area contributed by atoms with Crippen molar-refractivity contribution >= 4 is 12.4 Å². The molecule has 1 nitrogen and oxygen atoms in total. The van der Waals surface area contributed by atoms with Crippen molar-refractivity contribution in [2.24, 2.45) is 0 Å². The Balaban J connectivity index is 0.00000220. The second kappa shape index (κ2) is 6.48. The third-order valence-corrected chi connectivity index (χ3v) is 3.85. The maximum absolute atomic E-state index is 13.2. The van der Waals surface area contributed by atoms with Gasteiger partial charge in [-0.2, -0.15) is 13.2 Å². The number of alkyl halides is 5. The first-order valence-electron chi connectivity index (χ1n) is 6.48. The lowest BCUT2D eigenvalue weighted by molar-refractivity contribution is -0.220. The number of hydrogen-bond acceptors (Lipinski definition) is 1. The van der Waals surface area contributed by atoms with Gasteiger partial charge < -0.3 is 0 Å². The fourth-order valence-corrected chi connectivity index (χ4v) is 2.47. The molecule has 0 amide bonds. The highest BCUT2D eigenvalue weighted by Gasteiger charge is 2.58. The molecule has 1 aliphatic rings. The summed E-state index contributed by atoms with van der Waals surface area (Å²) in [6.07, 6.45) is -7.16. The number of benzene rings is 1. The van der Waals surface area contributed by atoms with Crippen LogP contribution in [0.25, 0.3) is 0 Å². The van der Waals surface area contributed by atoms with Crippen LogP contribution < -0.4 is 5.32 Å². The van der Waals surface area contributed by atoms with Crippen molar-refractivity contribution < 1.29 is 22.0 Å². The van der Waals surface area contributed by atoms with Gasteiger partial charge in [0, 0.05) is 19.4 Å². The van der Waals surface area contributed by atoms with E-state index in [2.05, 4.69) is 5.32 Å². The van der Waals surface area contributed by atoms with E-state index in [0.29, 0.717) is 5.56 Å². The third kappa shape index (κ3) is 4.30. The normalized spacial score (nSPS) is 20.6. The van der Waals surface area contributed by atoms with E-state index in [1.54, 1.807) is 30.3 Å². The third-order valence-electron chi connectivity index (χ3n) is 3.85. The number of rotatable bonds is 3. The van der Waals surface area contributed by atoms with E-state index < -0.39 is 43.3 Å². The molecule has 21 heavy (non-hydrogen) atoms. The average Bonchev–Trinajstić information content (AvgIpc) is 2.38. The Kier molecular flexibility index (Phi) is 5.61. The fourth-order valence-electron chi connectivity index (χ4n) is 2.47. The summed E-state index contributed by atoms with van der Waals surface area (Å²) in [4.78, 5) is 0. The molecule has 1 aliphatic carbocycles. The second-order valence-corrected chi connectivity index (χ2v) is 5.27. The Morgan fingerprint density at radius 2 is 1.48 bits per heavy atom. The molecule has 1 aromatic rings. The van der Waals surface area contributed by atoms with Crippen molar-refractivity contribution in [1.29, 1.82) is 0 Å². The summed E-state index contributed by atoms with van der Waals surface area (Å²) in [5.41, 5.74) is -1.50. The second-order valence-electron chi connectivity index (χ2n) is 5.27. The lowest BCUT2D eigenvalue weighted by Gasteiger charge is -2.42. The predicted octanol–water partition coefficient (Wildman–Crippen LogP) is 4.71. The Labute approximate surface area is 126 Å². The SMILES string of the molecule is Cl.FC1(F)CCC(NCc2ccccc2)(C(F)(F)F)CC1. The summed E-state index contributed by atoms with van der Waals surface area (Å²) in [6.45, 7) is 0.0198. The van der Waals surface area contributed by atoms with Gasteiger partial charge in [-0.3, -0.25) is 5.32 Å². The molecule has 1 fully saturated rings. The van der Waals surface area contributed by atoms with Gasteiger partial charge in [0.2, 0.25) is 5.92 Å². The molecule has 7 heteroatoms. The van der Waals surface area contributed by atoms with Gasteiger partial charge in [0.25, 0.3) is 0 Å². The van der Waals surface area contributed by atoms with E-state index in [1.165, 1.54) is 0 Å². The molecule has 0 saturated heterocycles. The number of hydrogen-bond donors (Lipinski definition) is 1. The summed E-state index contributed by atoms with van der Waals surface area (Å²) in [5, 5.41) is 2.47. The van der Waals surface area contributed by atoms with Gasteiger partial charge in [0.15, 0.2) is 0 Å². The van der Waals surface area contributed by atoms with E-state index in [9.17, 15) is 22.0 Å². The maximum atomic E-state index is 13.2. The predicted molar refractivity (Wildman–Crippen MR) is 72.7 cm³/mol. The van der Waals surface area contributed by atoms with Crippen LogP contribution >= 0.6 is 12.4 Å². The smallest absolute Gasteiger partial charge is 0.299 e. The van der Waals surface area contributed by atoms with Crippen LogP contribution in [0.4, 0.5) is 22.0 Å². The zero-order valence-corrected chi connectivity index (χ0v) is 12.0. The molecule has 1 saturated carbocycles. The Morgan fingerprint density at radius 1 is 0.952 bits per heavy atom. The standard InChI is InChI=1S/C14H16F5N.ClH/c15-13(16)8-6-12(7-9-13,14(17,18)19)20-10-11-4-2-1-3-5-11;/h1-5,20H,6-10H2;1H. The minimum absolute atomic E-state index is 0. The molecular weight excluding hydrogens is 313 g/mol. The summed E-state index contributed by atoms with van der Waals surface area (Å²) in [6, 6.07) is 8.63. The van der Waals surface area contributed by atoms with Gasteiger partial charge in [0.1, 0.15) is 5.54 Å². The van der Waals surface area contributed by atoms with Crippen LogP contribution in [0.1, 0.15) is 31.2 Å². The van der Waals surface area contributed by atoms with Crippen molar-refractivity contribution in [3.63, 3.8) is 0 Å². The van der Waals surface area contributed by atoms with Gasteiger partial charge in [0.05, 0.1) is 0 Å². The zero-order chi connectivity index (χ0) is 14.9. The van der Waals surface area contributed by atoms with Gasteiger partial charge in [-0.25, -0.2) is 8.78 Å². The van der Waals surface area contributed by atoms with Crippen LogP contribution in [-0.2, 0) is 6.54 Å². The molecule has 0 aromatic heterocycles. The Morgan fingerprint density at radius 3 is 1.95 bits per heavy atom. The summed E-state index contributed by atoms with van der Waals surface area (Å²) in [5.74, 6) is -2.98. The van der Waals surface area contributed by atoms with Crippen LogP contribution in [-0.4, -0.2) is 17.6 Å². The molecule has 0 unspecified atom stereocenters. The molecule has 1 aromatic carbocycles. The van der Waals surface area contributed by atoms with Gasteiger partial charge >= 0.3 is 6.18 Å². The molecule has 120 valence electrons. The first-order valence-corrected chi connectivity index (χ1v) is 6.48. The number of nitrogens with one attached hydrogen (secondary N) is 1. The molecule has 0 radical (unpaired) electrons. The summed E-state index contributed by atoms with van der Waals surface area (Å²) >= 11 is 0. The van der Waals surface area contributed by atoms with Crippen molar-refractivity contribution in [2.75, 3.05) is 0 Å². The van der Waals surface area contributed by atoms with Crippen LogP contribution in [0.15, 0.2) is 30.3 Å². The highest BCUT2D eigenvalue weighted by atomic mass is 35.5. The maximum Gasteiger partial charge on any atom is 0.406 e. The van der Waals surface area contributed by atoms with E-state index in [4.69, 9.17) is 0 Å². The fraction of sp³-hybridized carbons (Fsp3) is 0.571. The molecule has 0 bridgehead atoms. The van der Waals surface area contributed by atoms with Crippen molar-refractivity contribution in [3.8, 4) is 0 Å². The van der Waals surface area contributed by atoms with E-state index in [-0.39, 0.29) is 19.0 Å². The topological polar surface area (TPSA) is 12.0 Å². The largest absolute Gasteiger partial charge is 0.406 e. The average molecular weight is 330 g/mol. The first kappa shape index (κ1) is 18.2. The van der Waals surface area contributed by atoms with Crippen LogP contribution in [0.3, 0.4) is 0 Å². The Bertz CT molecular complexity index is 436. The molecule has 2 rings (SSSR count). The van der Waals surface area contributed by atoms with E-state index in [0.717, 1.165) is 0 Å². The van der Waals surface area contributed by atoms with Gasteiger partial charge in [-0.15, -0.1) is 12.4 Å². The molecule has 0 atom stereocenters. The monoisotopic (exact) mass is 329 g/mol. The van der Waals surface area contributed by atoms with Crippen LogP contribution in [0.5, 0.6) is 0 Å². The van der Waals surface area contributed by atoms with Crippen molar-refractivity contribution in [3.05, 3.63) is 35.9 Å². The zero-order valence-electron chi connectivity index (χ0n) is 11.2. The highest BCUT2D eigenvalue weighted by molar-refractivity contribution is 5.85. The van der Waals surface area contributed by atoms with Crippen LogP contribution in [0.2, 0.25) is 0 Å². The van der Waals surface area contributed by atoms with Crippen molar-refractivity contribution in [2.45, 2.75) is 49.9 Å². The minimum Gasteiger partial charge on any atom is -0.299 e. The lowest BCUT2D eigenvalue weighted by Crippen LogP contribution is -2.59. The van der Waals surface area contributed by atoms with E-state index in [1.807, 2.05) is 0 Å². The highest BCUT2D eigenvalue weighted by Crippen LogP contribution is 2.46. The quantitative estimate of drug-likeness (QED) is 0.792. The molecule has 0 aliphatic heterocycles. The molecule has 1 N–H and O–H groups in total.